The van der Waals surface area contributed by atoms with E-state index >= 15 is 0 Å². The Morgan fingerprint density at radius 1 is 0.897 bits per heavy atom. The van der Waals surface area contributed by atoms with Gasteiger partial charge in [0.2, 0.25) is 5.91 Å². The maximum absolute atomic E-state index is 13.6. The largest absolute Gasteiger partial charge is 0.325 e. The van der Waals surface area contributed by atoms with Crippen LogP contribution in [0.25, 0.3) is 0 Å². The van der Waals surface area contributed by atoms with Crippen LogP contribution in [-0.2, 0) is 21.4 Å². The van der Waals surface area contributed by atoms with Crippen molar-refractivity contribution in [3.63, 3.8) is 0 Å². The molecule has 3 heteroatoms. The summed E-state index contributed by atoms with van der Waals surface area (Å²) in [6.45, 7) is 1.89. The van der Waals surface area contributed by atoms with Crippen molar-refractivity contribution in [3.05, 3.63) is 102 Å². The summed E-state index contributed by atoms with van der Waals surface area (Å²) in [4.78, 5) is 26.3. The smallest absolute Gasteiger partial charge is 0.236 e. The molecule has 0 fully saturated rings. The number of para-hydroxylation sites is 1. The Bertz CT molecular complexity index is 1010. The molecule has 0 unspecified atom stereocenters. The lowest BCUT2D eigenvalue weighted by molar-refractivity contribution is -0.123. The van der Waals surface area contributed by atoms with Crippen LogP contribution < -0.4 is 5.32 Å². The first-order valence-corrected chi connectivity index (χ1v) is 10.2. The highest BCUT2D eigenvalue weighted by Gasteiger charge is 2.52. The van der Waals surface area contributed by atoms with E-state index in [0.717, 1.165) is 22.4 Å². The van der Waals surface area contributed by atoms with Gasteiger partial charge in [0, 0.05) is 24.4 Å². The Morgan fingerprint density at radius 3 is 2.21 bits per heavy atom. The molecule has 0 bridgehead atoms. The van der Waals surface area contributed by atoms with Crippen LogP contribution in [0.15, 0.2) is 84.9 Å². The molecule has 1 aliphatic rings. The van der Waals surface area contributed by atoms with Gasteiger partial charge in [0.1, 0.15) is 5.78 Å². The highest BCUT2D eigenvalue weighted by molar-refractivity contribution is 6.07. The average molecular weight is 383 g/mol. The molecule has 1 amide bonds. The van der Waals surface area contributed by atoms with E-state index in [0.29, 0.717) is 19.3 Å². The van der Waals surface area contributed by atoms with Crippen LogP contribution >= 0.6 is 0 Å². The Labute approximate surface area is 171 Å². The van der Waals surface area contributed by atoms with Gasteiger partial charge in [0.05, 0.1) is 5.41 Å². The number of ketones is 1. The van der Waals surface area contributed by atoms with Crippen LogP contribution in [0.4, 0.5) is 5.69 Å². The van der Waals surface area contributed by atoms with Crippen LogP contribution in [-0.4, -0.2) is 11.7 Å². The lowest BCUT2D eigenvalue weighted by Gasteiger charge is -2.36. The van der Waals surface area contributed by atoms with Crippen molar-refractivity contribution in [1.82, 2.24) is 0 Å². The fourth-order valence-electron chi connectivity index (χ4n) is 4.53. The summed E-state index contributed by atoms with van der Waals surface area (Å²) in [5.74, 6) is -0.0937. The number of fused-ring (bicyclic) bond motifs is 1. The minimum atomic E-state index is -0.829. The summed E-state index contributed by atoms with van der Waals surface area (Å²) in [6.07, 6.45) is 1.36. The third-order valence-corrected chi connectivity index (χ3v) is 6.01. The molecular weight excluding hydrogens is 358 g/mol. The predicted molar refractivity (Wildman–Crippen MR) is 116 cm³/mol. The minimum Gasteiger partial charge on any atom is -0.325 e. The molecular formula is C26H25NO2. The van der Waals surface area contributed by atoms with E-state index < -0.39 is 5.41 Å². The molecule has 3 aromatic rings. The van der Waals surface area contributed by atoms with Gasteiger partial charge in [-0.15, -0.1) is 0 Å². The lowest BCUT2D eigenvalue weighted by Crippen LogP contribution is -2.43. The van der Waals surface area contributed by atoms with Gasteiger partial charge in [-0.05, 0) is 29.2 Å². The maximum Gasteiger partial charge on any atom is 0.236 e. The number of hydrogen-bond donors (Lipinski definition) is 1. The van der Waals surface area contributed by atoms with E-state index in [-0.39, 0.29) is 17.6 Å². The number of amides is 1. The molecule has 2 atom stereocenters. The first-order valence-electron chi connectivity index (χ1n) is 10.2. The molecule has 3 aromatic carbocycles. The van der Waals surface area contributed by atoms with Crippen molar-refractivity contribution in [2.24, 2.45) is 0 Å². The van der Waals surface area contributed by atoms with Crippen molar-refractivity contribution < 1.29 is 9.59 Å². The normalized spacial score (nSPS) is 18.7. The predicted octanol–water partition coefficient (Wildman–Crippen LogP) is 5.27. The maximum atomic E-state index is 13.6. The van der Waals surface area contributed by atoms with Crippen LogP contribution in [0, 0.1) is 0 Å². The number of hydrogen-bond acceptors (Lipinski definition) is 2. The summed E-state index contributed by atoms with van der Waals surface area (Å²) < 4.78 is 0. The van der Waals surface area contributed by atoms with E-state index in [1.54, 1.807) is 0 Å². The quantitative estimate of drug-likeness (QED) is 0.604. The number of benzene rings is 3. The first kappa shape index (κ1) is 19.1. The standard InChI is InChI=1S/C26H25NO2/c1-2-21(28)17-23(20-13-7-4-8-14-20)26(18-19-11-5-3-6-12-19)22-15-9-10-16-24(22)27-25(26)29/h3-16,23H,2,17-18H2,1H3,(H,27,29)/t23-,26+/m0/s1. The molecule has 3 nitrogen and oxygen atoms in total. The minimum absolute atomic E-state index is 0.0275. The highest BCUT2D eigenvalue weighted by Crippen LogP contribution is 2.50. The van der Waals surface area contributed by atoms with Crippen LogP contribution in [0.5, 0.6) is 0 Å². The van der Waals surface area contributed by atoms with Gasteiger partial charge in [0.25, 0.3) is 0 Å². The van der Waals surface area contributed by atoms with Crippen molar-refractivity contribution in [2.75, 3.05) is 5.32 Å². The third-order valence-electron chi connectivity index (χ3n) is 6.01. The fourth-order valence-corrected chi connectivity index (χ4v) is 4.53. The second kappa shape index (κ2) is 8.04. The van der Waals surface area contributed by atoms with Crippen LogP contribution in [0.3, 0.4) is 0 Å². The Kier molecular flexibility index (Phi) is 5.30. The Morgan fingerprint density at radius 2 is 1.52 bits per heavy atom. The molecule has 0 saturated carbocycles. The van der Waals surface area contributed by atoms with E-state index in [1.807, 2.05) is 79.7 Å². The molecule has 0 spiro atoms. The van der Waals surface area contributed by atoms with E-state index in [2.05, 4.69) is 17.4 Å². The molecule has 0 aliphatic carbocycles. The number of rotatable bonds is 7. The molecule has 0 radical (unpaired) electrons. The van der Waals surface area contributed by atoms with Crippen molar-refractivity contribution in [3.8, 4) is 0 Å². The number of carbonyl (C=O) groups is 2. The number of anilines is 1. The van der Waals surface area contributed by atoms with Crippen molar-refractivity contribution in [1.29, 1.82) is 0 Å². The Hall–Kier alpha value is -3.20. The fraction of sp³-hybridized carbons (Fsp3) is 0.231. The summed E-state index contributed by atoms with van der Waals surface area (Å²) in [6, 6.07) is 28.0. The second-order valence-electron chi connectivity index (χ2n) is 7.69. The van der Waals surface area contributed by atoms with Crippen molar-refractivity contribution in [2.45, 2.75) is 37.5 Å². The summed E-state index contributed by atoms with van der Waals surface area (Å²) in [5, 5.41) is 3.10. The van der Waals surface area contributed by atoms with Crippen molar-refractivity contribution >= 4 is 17.4 Å². The molecule has 1 heterocycles. The van der Waals surface area contributed by atoms with Gasteiger partial charge < -0.3 is 5.32 Å². The third kappa shape index (κ3) is 3.49. The molecule has 4 rings (SSSR count). The number of nitrogens with one attached hydrogen (secondary N) is 1. The second-order valence-corrected chi connectivity index (χ2v) is 7.69. The zero-order chi connectivity index (χ0) is 20.3. The van der Waals surface area contributed by atoms with Crippen LogP contribution in [0.1, 0.15) is 42.4 Å². The van der Waals surface area contributed by atoms with Gasteiger partial charge in [-0.3, -0.25) is 9.59 Å². The monoisotopic (exact) mass is 383 g/mol. The van der Waals surface area contributed by atoms with E-state index in [9.17, 15) is 9.59 Å². The van der Waals surface area contributed by atoms with Gasteiger partial charge in [-0.1, -0.05) is 85.8 Å². The van der Waals surface area contributed by atoms with Gasteiger partial charge in [0.15, 0.2) is 0 Å². The topological polar surface area (TPSA) is 46.2 Å². The van der Waals surface area contributed by atoms with E-state index in [4.69, 9.17) is 0 Å². The Balaban J connectivity index is 1.93. The number of carbonyl (C=O) groups excluding carboxylic acids is 2. The molecule has 0 saturated heterocycles. The summed E-state index contributed by atoms with van der Waals surface area (Å²) >= 11 is 0. The molecule has 1 N–H and O–H groups in total. The number of Topliss-reactive ketones (excluding diaryl/α,β-unsaturated/α-hetero) is 1. The zero-order valence-electron chi connectivity index (χ0n) is 16.6. The SMILES string of the molecule is CCC(=O)C[C@@H](c1ccccc1)[C@]1(Cc2ccccc2)C(=O)Nc2ccccc21. The van der Waals surface area contributed by atoms with Gasteiger partial charge in [-0.2, -0.15) is 0 Å². The molecule has 29 heavy (non-hydrogen) atoms. The average Bonchev–Trinajstić information content (AvgIpc) is 3.05. The van der Waals surface area contributed by atoms with E-state index in [1.165, 1.54) is 0 Å². The lowest BCUT2D eigenvalue weighted by atomic mass is 9.63. The van der Waals surface area contributed by atoms with Crippen LogP contribution in [0.2, 0.25) is 0 Å². The summed E-state index contributed by atoms with van der Waals surface area (Å²) in [7, 11) is 0. The van der Waals surface area contributed by atoms with Gasteiger partial charge in [-0.25, -0.2) is 0 Å². The molecule has 1 aliphatic heterocycles. The molecule has 0 aromatic heterocycles. The highest BCUT2D eigenvalue weighted by atomic mass is 16.2. The zero-order valence-corrected chi connectivity index (χ0v) is 16.6. The molecule has 146 valence electrons. The first-order chi connectivity index (χ1) is 14.1. The van der Waals surface area contributed by atoms with Gasteiger partial charge >= 0.3 is 0 Å². The summed E-state index contributed by atoms with van der Waals surface area (Å²) in [5.41, 5.74) is 3.11.